The Morgan fingerprint density at radius 3 is 2.67 bits per heavy atom. The van der Waals surface area contributed by atoms with Crippen LogP contribution in [0.3, 0.4) is 0 Å². The number of benzene rings is 1. The van der Waals surface area contributed by atoms with Crippen LogP contribution in [0.1, 0.15) is 44.2 Å². The van der Waals surface area contributed by atoms with E-state index in [-0.39, 0.29) is 30.2 Å². The SMILES string of the molecule is CC(C#Cc1cccc2c1n(C)c(=O)n2C1CCC(=O)NC1=O)OC1CCNCC1. The summed E-state index contributed by atoms with van der Waals surface area (Å²) in [6.07, 6.45) is 2.46. The molecule has 0 radical (unpaired) electrons. The van der Waals surface area contributed by atoms with Gasteiger partial charge in [-0.05, 0) is 51.4 Å². The Bertz CT molecular complexity index is 1100. The molecule has 2 aromatic rings. The Morgan fingerprint density at radius 1 is 1.17 bits per heavy atom. The second-order valence-electron chi connectivity index (χ2n) is 7.85. The van der Waals surface area contributed by atoms with E-state index in [2.05, 4.69) is 22.5 Å². The molecule has 0 bridgehead atoms. The van der Waals surface area contributed by atoms with Crippen LogP contribution in [0, 0.1) is 11.8 Å². The molecular formula is C22H26N4O4. The van der Waals surface area contributed by atoms with E-state index in [1.54, 1.807) is 13.1 Å². The number of carbonyl (C=O) groups is 2. The van der Waals surface area contributed by atoms with Crippen LogP contribution >= 0.6 is 0 Å². The van der Waals surface area contributed by atoms with Gasteiger partial charge in [0.2, 0.25) is 11.8 Å². The molecule has 2 saturated heterocycles. The molecule has 0 aliphatic carbocycles. The molecule has 1 aromatic carbocycles. The molecule has 2 aliphatic heterocycles. The normalized spacial score (nSPS) is 21.2. The number of carbonyl (C=O) groups excluding carboxylic acids is 2. The lowest BCUT2D eigenvalue weighted by Crippen LogP contribution is -2.44. The summed E-state index contributed by atoms with van der Waals surface area (Å²) < 4.78 is 9.02. The van der Waals surface area contributed by atoms with Crippen LogP contribution in [0.25, 0.3) is 11.0 Å². The van der Waals surface area contributed by atoms with E-state index in [1.807, 2.05) is 19.1 Å². The molecule has 158 valence electrons. The van der Waals surface area contributed by atoms with Crippen molar-refractivity contribution < 1.29 is 14.3 Å². The molecule has 8 nitrogen and oxygen atoms in total. The fourth-order valence-corrected chi connectivity index (χ4v) is 4.20. The van der Waals surface area contributed by atoms with E-state index in [0.29, 0.717) is 23.0 Å². The predicted molar refractivity (Wildman–Crippen MR) is 112 cm³/mol. The molecule has 1 aromatic heterocycles. The average molecular weight is 410 g/mol. The van der Waals surface area contributed by atoms with Crippen LogP contribution in [0.4, 0.5) is 0 Å². The smallest absolute Gasteiger partial charge is 0.329 e. The van der Waals surface area contributed by atoms with Crippen LogP contribution in [0.15, 0.2) is 23.0 Å². The first-order valence-electron chi connectivity index (χ1n) is 10.4. The molecule has 8 heteroatoms. The van der Waals surface area contributed by atoms with Gasteiger partial charge in [0.1, 0.15) is 12.1 Å². The van der Waals surface area contributed by atoms with Gasteiger partial charge in [-0.1, -0.05) is 17.9 Å². The van der Waals surface area contributed by atoms with Gasteiger partial charge >= 0.3 is 5.69 Å². The van der Waals surface area contributed by atoms with E-state index < -0.39 is 11.9 Å². The minimum absolute atomic E-state index is 0.212. The maximum absolute atomic E-state index is 12.9. The van der Waals surface area contributed by atoms with E-state index >= 15 is 0 Å². The number of rotatable bonds is 3. The fourth-order valence-electron chi connectivity index (χ4n) is 4.20. The average Bonchev–Trinajstić information content (AvgIpc) is 2.98. The third-order valence-electron chi connectivity index (χ3n) is 5.72. The van der Waals surface area contributed by atoms with Gasteiger partial charge in [-0.3, -0.25) is 24.0 Å². The van der Waals surface area contributed by atoms with Crippen molar-refractivity contribution in [2.45, 2.75) is 50.9 Å². The Labute approximate surface area is 174 Å². The van der Waals surface area contributed by atoms with Gasteiger partial charge in [-0.15, -0.1) is 0 Å². The number of nitrogens with zero attached hydrogens (tertiary/aromatic N) is 2. The summed E-state index contributed by atoms with van der Waals surface area (Å²) in [4.78, 5) is 36.8. The summed E-state index contributed by atoms with van der Waals surface area (Å²) in [7, 11) is 1.67. The number of nitrogens with one attached hydrogen (secondary N) is 2. The van der Waals surface area contributed by atoms with Crippen LogP contribution < -0.4 is 16.3 Å². The number of fused-ring (bicyclic) bond motifs is 1. The molecule has 0 saturated carbocycles. The second kappa shape index (κ2) is 8.46. The van der Waals surface area contributed by atoms with Crippen molar-refractivity contribution in [1.29, 1.82) is 0 Å². The summed E-state index contributed by atoms with van der Waals surface area (Å²) >= 11 is 0. The Hall–Kier alpha value is -2.89. The third-order valence-corrected chi connectivity index (χ3v) is 5.72. The summed E-state index contributed by atoms with van der Waals surface area (Å²) in [6, 6.07) is 4.79. The summed E-state index contributed by atoms with van der Waals surface area (Å²) in [5.74, 6) is 5.56. The number of hydrogen-bond donors (Lipinski definition) is 2. The van der Waals surface area contributed by atoms with Crippen LogP contribution in [0.5, 0.6) is 0 Å². The van der Waals surface area contributed by atoms with Crippen LogP contribution in [-0.4, -0.2) is 46.2 Å². The molecule has 30 heavy (non-hydrogen) atoms. The van der Waals surface area contributed by atoms with Gasteiger partial charge in [-0.2, -0.15) is 0 Å². The van der Waals surface area contributed by atoms with Gasteiger partial charge in [0.25, 0.3) is 0 Å². The monoisotopic (exact) mass is 410 g/mol. The van der Waals surface area contributed by atoms with Gasteiger partial charge in [-0.25, -0.2) is 4.79 Å². The highest BCUT2D eigenvalue weighted by molar-refractivity contribution is 6.00. The van der Waals surface area contributed by atoms with E-state index in [0.717, 1.165) is 25.9 Å². The maximum Gasteiger partial charge on any atom is 0.329 e. The van der Waals surface area contributed by atoms with E-state index in [1.165, 1.54) is 9.13 Å². The number of piperidine rings is 2. The van der Waals surface area contributed by atoms with Crippen molar-refractivity contribution in [2.24, 2.45) is 7.05 Å². The molecule has 2 N–H and O–H groups in total. The first-order chi connectivity index (χ1) is 14.5. The molecular weight excluding hydrogens is 384 g/mol. The highest BCUT2D eigenvalue weighted by Gasteiger charge is 2.31. The minimum Gasteiger partial charge on any atom is -0.362 e. The number of aryl methyl sites for hydroxylation is 1. The predicted octanol–water partition coefficient (Wildman–Crippen LogP) is 0.826. The molecule has 2 aliphatic rings. The number of imide groups is 1. The van der Waals surface area contributed by atoms with Crippen LogP contribution in [-0.2, 0) is 21.4 Å². The molecule has 0 spiro atoms. The zero-order valence-corrected chi connectivity index (χ0v) is 17.2. The van der Waals surface area contributed by atoms with Gasteiger partial charge in [0.05, 0.1) is 22.7 Å². The molecule has 4 rings (SSSR count). The maximum atomic E-state index is 12.9. The van der Waals surface area contributed by atoms with Crippen molar-refractivity contribution in [1.82, 2.24) is 19.8 Å². The van der Waals surface area contributed by atoms with E-state index in [4.69, 9.17) is 4.74 Å². The summed E-state index contributed by atoms with van der Waals surface area (Å²) in [6.45, 7) is 3.85. The van der Waals surface area contributed by atoms with Gasteiger partial charge in [0.15, 0.2) is 0 Å². The lowest BCUT2D eigenvalue weighted by atomic mass is 10.1. The number of hydrogen-bond acceptors (Lipinski definition) is 5. The Balaban J connectivity index is 1.66. The Morgan fingerprint density at radius 2 is 1.93 bits per heavy atom. The van der Waals surface area contributed by atoms with Crippen molar-refractivity contribution in [2.75, 3.05) is 13.1 Å². The zero-order chi connectivity index (χ0) is 21.3. The third kappa shape index (κ3) is 3.91. The van der Waals surface area contributed by atoms with Crippen molar-refractivity contribution in [3.05, 3.63) is 34.2 Å². The summed E-state index contributed by atoms with van der Waals surface area (Å²) in [5, 5.41) is 5.64. The topological polar surface area (TPSA) is 94.4 Å². The molecule has 2 atom stereocenters. The summed E-state index contributed by atoms with van der Waals surface area (Å²) in [5.41, 5.74) is 1.72. The highest BCUT2D eigenvalue weighted by atomic mass is 16.5. The number of ether oxygens (including phenoxy) is 1. The molecule has 3 heterocycles. The first-order valence-corrected chi connectivity index (χ1v) is 10.4. The second-order valence-corrected chi connectivity index (χ2v) is 7.85. The lowest BCUT2D eigenvalue weighted by molar-refractivity contribution is -0.135. The first kappa shape index (κ1) is 20.4. The lowest BCUT2D eigenvalue weighted by Gasteiger charge is -2.24. The molecule has 2 fully saturated rings. The van der Waals surface area contributed by atoms with Gasteiger partial charge < -0.3 is 10.1 Å². The van der Waals surface area contributed by atoms with Crippen molar-refractivity contribution >= 4 is 22.8 Å². The van der Waals surface area contributed by atoms with Gasteiger partial charge in [0, 0.05) is 13.5 Å². The standard InChI is InChI=1S/C22H26N4O4/c1-14(30-16-10-12-23-13-11-16)6-7-15-4-3-5-17-20(15)25(2)22(29)26(17)18-8-9-19(27)24-21(18)28/h3-5,14,16,18,23H,8-13H2,1-2H3,(H,24,27,28). The molecule has 2 unspecified atom stereocenters. The van der Waals surface area contributed by atoms with E-state index in [9.17, 15) is 14.4 Å². The van der Waals surface area contributed by atoms with Crippen molar-refractivity contribution in [3.8, 4) is 11.8 Å². The highest BCUT2D eigenvalue weighted by Crippen LogP contribution is 2.24. The number of imidazole rings is 1. The quantitative estimate of drug-likeness (QED) is 0.577. The number of para-hydroxylation sites is 1. The zero-order valence-electron chi connectivity index (χ0n) is 17.2. The minimum atomic E-state index is -0.704. The van der Waals surface area contributed by atoms with Crippen LogP contribution in [0.2, 0.25) is 0 Å². The Kier molecular flexibility index (Phi) is 5.75. The largest absolute Gasteiger partial charge is 0.362 e. The fraction of sp³-hybridized carbons (Fsp3) is 0.500. The molecule has 2 amide bonds. The van der Waals surface area contributed by atoms with Crippen molar-refractivity contribution in [3.63, 3.8) is 0 Å². The number of amides is 2. The number of aromatic nitrogens is 2.